The van der Waals surface area contributed by atoms with E-state index in [1.807, 2.05) is 0 Å². The lowest BCUT2D eigenvalue weighted by molar-refractivity contribution is -0.146. The van der Waals surface area contributed by atoms with Gasteiger partial charge in [0.15, 0.2) is 0 Å². The van der Waals surface area contributed by atoms with Gasteiger partial charge in [-0.3, -0.25) is 4.79 Å². The topological polar surface area (TPSA) is 95.5 Å². The molecular weight excluding hydrogens is 232 g/mol. The minimum atomic E-state index is -3.67. The fraction of sp³-hybridized carbons (Fsp3) is 0.889. The van der Waals surface area contributed by atoms with Crippen molar-refractivity contribution < 1.29 is 18.3 Å². The van der Waals surface area contributed by atoms with Crippen molar-refractivity contribution in [1.29, 1.82) is 0 Å². The summed E-state index contributed by atoms with van der Waals surface area (Å²) >= 11 is 0. The Kier molecular flexibility index (Phi) is 4.49. The number of carboxylic acid groups (broad SMARTS) is 1. The minimum absolute atomic E-state index is 0.159. The first kappa shape index (κ1) is 15.3. The molecule has 0 bridgehead atoms. The van der Waals surface area contributed by atoms with Gasteiger partial charge in [0, 0.05) is 12.1 Å². The number of aliphatic carboxylic acids is 1. The van der Waals surface area contributed by atoms with Crippen molar-refractivity contribution in [3.05, 3.63) is 0 Å². The summed E-state index contributed by atoms with van der Waals surface area (Å²) in [6, 6.07) is 0. The van der Waals surface area contributed by atoms with Gasteiger partial charge in [0.05, 0.1) is 5.41 Å². The lowest BCUT2D eigenvalue weighted by atomic mass is 9.95. The van der Waals surface area contributed by atoms with Gasteiger partial charge in [-0.05, 0) is 34.6 Å². The molecule has 7 heteroatoms. The van der Waals surface area contributed by atoms with E-state index in [1.165, 1.54) is 13.8 Å². The molecule has 0 aliphatic heterocycles. The third kappa shape index (κ3) is 6.04. The maximum atomic E-state index is 11.5. The smallest absolute Gasteiger partial charge is 0.310 e. The second-order valence-corrected chi connectivity index (χ2v) is 6.87. The zero-order chi connectivity index (χ0) is 13.2. The summed E-state index contributed by atoms with van der Waals surface area (Å²) in [7, 11) is -3.67. The fourth-order valence-electron chi connectivity index (χ4n) is 0.790. The quantitative estimate of drug-likeness (QED) is 0.656. The lowest BCUT2D eigenvalue weighted by Gasteiger charge is -2.23. The highest BCUT2D eigenvalue weighted by Gasteiger charge is 2.29. The highest BCUT2D eigenvalue weighted by Crippen LogP contribution is 2.13. The number of rotatable bonds is 5. The Labute approximate surface area is 96.6 Å². The molecule has 0 saturated heterocycles. The van der Waals surface area contributed by atoms with Crippen LogP contribution in [0.1, 0.15) is 34.6 Å². The maximum absolute atomic E-state index is 11.5. The highest BCUT2D eigenvalue weighted by molar-refractivity contribution is 7.87. The molecule has 0 unspecified atom stereocenters. The molecule has 3 N–H and O–H groups in total. The largest absolute Gasteiger partial charge is 0.481 e. The van der Waals surface area contributed by atoms with Crippen LogP contribution in [0, 0.1) is 5.41 Å². The predicted octanol–water partition coefficient (Wildman–Crippen LogP) is 0.320. The fourth-order valence-corrected chi connectivity index (χ4v) is 2.22. The summed E-state index contributed by atoms with van der Waals surface area (Å²) in [5.41, 5.74) is -1.73. The Morgan fingerprint density at radius 2 is 1.62 bits per heavy atom. The minimum Gasteiger partial charge on any atom is -0.481 e. The molecule has 0 radical (unpaired) electrons. The van der Waals surface area contributed by atoms with Crippen molar-refractivity contribution in [2.75, 3.05) is 6.54 Å². The van der Waals surface area contributed by atoms with Gasteiger partial charge in [-0.25, -0.2) is 4.72 Å². The van der Waals surface area contributed by atoms with Crippen molar-refractivity contribution in [3.8, 4) is 0 Å². The second kappa shape index (κ2) is 4.68. The van der Waals surface area contributed by atoms with Crippen LogP contribution in [0.2, 0.25) is 0 Å². The average Bonchev–Trinajstić information content (AvgIpc) is 1.96. The summed E-state index contributed by atoms with van der Waals surface area (Å²) < 4.78 is 27.6. The van der Waals surface area contributed by atoms with E-state index in [1.54, 1.807) is 20.8 Å². The average molecular weight is 252 g/mol. The molecule has 0 spiro atoms. The lowest BCUT2D eigenvalue weighted by Crippen LogP contribution is -2.49. The monoisotopic (exact) mass is 252 g/mol. The van der Waals surface area contributed by atoms with Gasteiger partial charge >= 0.3 is 5.97 Å². The standard InChI is InChI=1S/C9H20N2O4S/c1-8(2,3)11-16(14,15)10-6-9(4,5)7(12)13/h10-11H,6H2,1-5H3,(H,12,13). The van der Waals surface area contributed by atoms with Crippen LogP contribution in [0.5, 0.6) is 0 Å². The van der Waals surface area contributed by atoms with Crippen LogP contribution in [-0.4, -0.2) is 31.6 Å². The van der Waals surface area contributed by atoms with Crippen LogP contribution >= 0.6 is 0 Å². The summed E-state index contributed by atoms with van der Waals surface area (Å²) in [6.07, 6.45) is 0. The molecule has 96 valence electrons. The Balaban J connectivity index is 4.48. The van der Waals surface area contributed by atoms with Gasteiger partial charge in [-0.1, -0.05) is 0 Å². The number of carboxylic acids is 1. The molecule has 0 saturated carbocycles. The van der Waals surface area contributed by atoms with E-state index in [0.29, 0.717) is 0 Å². The Morgan fingerprint density at radius 1 is 1.19 bits per heavy atom. The molecule has 0 amide bonds. The van der Waals surface area contributed by atoms with Gasteiger partial charge in [0.2, 0.25) is 0 Å². The molecule has 0 aromatic heterocycles. The molecule has 0 aliphatic carbocycles. The number of hydrogen-bond acceptors (Lipinski definition) is 3. The summed E-state index contributed by atoms with van der Waals surface area (Å²) in [6.45, 7) is 7.86. The van der Waals surface area contributed by atoms with E-state index in [9.17, 15) is 13.2 Å². The van der Waals surface area contributed by atoms with Crippen molar-refractivity contribution >= 4 is 16.2 Å². The third-order valence-electron chi connectivity index (χ3n) is 1.72. The van der Waals surface area contributed by atoms with Gasteiger partial charge in [-0.2, -0.15) is 13.1 Å². The molecular formula is C9H20N2O4S. The summed E-state index contributed by atoms with van der Waals surface area (Å²) in [5, 5.41) is 8.82. The molecule has 6 nitrogen and oxygen atoms in total. The van der Waals surface area contributed by atoms with E-state index in [-0.39, 0.29) is 6.54 Å². The predicted molar refractivity (Wildman–Crippen MR) is 61.2 cm³/mol. The number of nitrogens with one attached hydrogen (secondary N) is 2. The van der Waals surface area contributed by atoms with Crippen LogP contribution in [0.3, 0.4) is 0 Å². The van der Waals surface area contributed by atoms with Crippen molar-refractivity contribution in [3.63, 3.8) is 0 Å². The van der Waals surface area contributed by atoms with Gasteiger partial charge in [0.1, 0.15) is 0 Å². The zero-order valence-electron chi connectivity index (χ0n) is 10.3. The third-order valence-corrected chi connectivity index (χ3v) is 3.13. The van der Waals surface area contributed by atoms with Crippen molar-refractivity contribution in [2.24, 2.45) is 5.41 Å². The Hall–Kier alpha value is -0.660. The van der Waals surface area contributed by atoms with Crippen molar-refractivity contribution in [1.82, 2.24) is 9.44 Å². The Morgan fingerprint density at radius 3 is 1.94 bits per heavy atom. The van der Waals surface area contributed by atoms with Crippen molar-refractivity contribution in [2.45, 2.75) is 40.2 Å². The summed E-state index contributed by atoms with van der Waals surface area (Å²) in [4.78, 5) is 10.8. The maximum Gasteiger partial charge on any atom is 0.310 e. The number of carbonyl (C=O) groups is 1. The molecule has 0 fully saturated rings. The van der Waals surface area contributed by atoms with Crippen LogP contribution < -0.4 is 9.44 Å². The van der Waals surface area contributed by atoms with E-state index < -0.39 is 27.1 Å². The van der Waals surface area contributed by atoms with Crippen LogP contribution in [0.15, 0.2) is 0 Å². The Bertz CT molecular complexity index is 354. The molecule has 16 heavy (non-hydrogen) atoms. The SMILES string of the molecule is CC(C)(C)NS(=O)(=O)NCC(C)(C)C(=O)O. The molecule has 0 aliphatic rings. The first-order valence-electron chi connectivity index (χ1n) is 4.88. The van der Waals surface area contributed by atoms with Crippen LogP contribution in [0.25, 0.3) is 0 Å². The highest BCUT2D eigenvalue weighted by atomic mass is 32.2. The molecule has 0 aromatic carbocycles. The molecule has 0 heterocycles. The van der Waals surface area contributed by atoms with E-state index in [2.05, 4.69) is 9.44 Å². The van der Waals surface area contributed by atoms with Crippen LogP contribution in [0.4, 0.5) is 0 Å². The first-order chi connectivity index (χ1) is 6.86. The van der Waals surface area contributed by atoms with E-state index in [4.69, 9.17) is 5.11 Å². The first-order valence-corrected chi connectivity index (χ1v) is 6.36. The number of hydrogen-bond donors (Lipinski definition) is 3. The van der Waals surface area contributed by atoms with E-state index in [0.717, 1.165) is 0 Å². The molecule has 0 aromatic rings. The normalized spacial score (nSPS) is 13.8. The van der Waals surface area contributed by atoms with Gasteiger partial charge in [0.25, 0.3) is 10.2 Å². The second-order valence-electron chi connectivity index (χ2n) is 5.37. The molecule has 0 rings (SSSR count). The van der Waals surface area contributed by atoms with E-state index >= 15 is 0 Å². The summed E-state index contributed by atoms with van der Waals surface area (Å²) in [5.74, 6) is -1.05. The van der Waals surface area contributed by atoms with Gasteiger partial charge in [-0.15, -0.1) is 0 Å². The van der Waals surface area contributed by atoms with Crippen LogP contribution in [-0.2, 0) is 15.0 Å². The molecule has 0 atom stereocenters. The zero-order valence-corrected chi connectivity index (χ0v) is 11.1. The van der Waals surface area contributed by atoms with Gasteiger partial charge < -0.3 is 5.11 Å².